The van der Waals surface area contributed by atoms with Crippen molar-refractivity contribution >= 4 is 5.78 Å². The molecule has 0 aliphatic carbocycles. The molecule has 0 saturated carbocycles. The van der Waals surface area contributed by atoms with Crippen LogP contribution in [0, 0.1) is 5.92 Å². The molecule has 0 unspecified atom stereocenters. The van der Waals surface area contributed by atoms with Gasteiger partial charge >= 0.3 is 0 Å². The summed E-state index contributed by atoms with van der Waals surface area (Å²) in [6.45, 7) is 9.71. The van der Waals surface area contributed by atoms with Crippen molar-refractivity contribution in [1.29, 1.82) is 0 Å². The molecule has 0 radical (unpaired) electrons. The zero-order valence-corrected chi connectivity index (χ0v) is 15.7. The predicted molar refractivity (Wildman–Crippen MR) is 101 cm³/mol. The molecule has 0 atom stereocenters. The van der Waals surface area contributed by atoms with Crippen molar-refractivity contribution in [3.63, 3.8) is 0 Å². The highest BCUT2D eigenvalue weighted by molar-refractivity contribution is 5.96. The van der Waals surface area contributed by atoms with Gasteiger partial charge in [0.25, 0.3) is 0 Å². The van der Waals surface area contributed by atoms with Gasteiger partial charge in [-0.25, -0.2) is 4.98 Å². The smallest absolute Gasteiger partial charge is 0.163 e. The average Bonchev–Trinajstić information content (AvgIpc) is 2.97. The minimum absolute atomic E-state index is 0.0847. The number of Topliss-reactive ketones (excluding diaryl/α,β-unsaturated/α-hetero) is 1. The van der Waals surface area contributed by atoms with E-state index in [0.29, 0.717) is 12.3 Å². The molecule has 0 bridgehead atoms. The summed E-state index contributed by atoms with van der Waals surface area (Å²) in [5.41, 5.74) is 2.17. The zero-order chi connectivity index (χ0) is 18.1. The van der Waals surface area contributed by atoms with Crippen LogP contribution in [0.4, 0.5) is 0 Å². The average molecular weight is 339 g/mol. The lowest BCUT2D eigenvalue weighted by molar-refractivity contribution is 0.0864. The number of hydrogen-bond acceptors (Lipinski definition) is 3. The number of carbonyl (C=O) groups is 1. The van der Waals surface area contributed by atoms with Crippen LogP contribution in [0.5, 0.6) is 0 Å². The van der Waals surface area contributed by atoms with Crippen molar-refractivity contribution in [2.24, 2.45) is 5.92 Å². The van der Waals surface area contributed by atoms with Crippen LogP contribution < -0.4 is 5.32 Å². The summed E-state index contributed by atoms with van der Waals surface area (Å²) in [6.07, 6.45) is 8.25. The van der Waals surface area contributed by atoms with Gasteiger partial charge in [0.2, 0.25) is 0 Å². The van der Waals surface area contributed by atoms with Gasteiger partial charge in [-0.2, -0.15) is 0 Å². The first-order valence-corrected chi connectivity index (χ1v) is 9.10. The standard InChI is InChI=1S/C21H29N3O/c1-20(2)12-17(13-21(3,4)23-20)11-19(25)18-7-5-16(6-8-18)14-24-10-9-22-15-24/h5-10,15,17,23H,11-14H2,1-4H3. The number of imidazole rings is 1. The van der Waals surface area contributed by atoms with Gasteiger partial charge in [-0.3, -0.25) is 4.79 Å². The lowest BCUT2D eigenvalue weighted by atomic mass is 9.74. The molecular weight excluding hydrogens is 310 g/mol. The fourth-order valence-corrected chi connectivity index (χ4v) is 4.45. The van der Waals surface area contributed by atoms with E-state index >= 15 is 0 Å². The Morgan fingerprint density at radius 3 is 2.36 bits per heavy atom. The van der Waals surface area contributed by atoms with Crippen molar-refractivity contribution in [3.05, 3.63) is 54.1 Å². The van der Waals surface area contributed by atoms with Crippen molar-refractivity contribution in [3.8, 4) is 0 Å². The minimum Gasteiger partial charge on any atom is -0.333 e. The van der Waals surface area contributed by atoms with Gasteiger partial charge in [0, 0.05) is 42.0 Å². The van der Waals surface area contributed by atoms with Crippen LogP contribution in [-0.4, -0.2) is 26.4 Å². The first kappa shape index (κ1) is 17.9. The Kier molecular flexibility index (Phi) is 4.83. The predicted octanol–water partition coefficient (Wildman–Crippen LogP) is 4.06. The molecule has 3 rings (SSSR count). The zero-order valence-electron chi connectivity index (χ0n) is 15.7. The molecule has 25 heavy (non-hydrogen) atoms. The Morgan fingerprint density at radius 1 is 1.16 bits per heavy atom. The lowest BCUT2D eigenvalue weighted by Crippen LogP contribution is -2.57. The maximum absolute atomic E-state index is 12.7. The molecule has 1 aromatic heterocycles. The van der Waals surface area contributed by atoms with Crippen molar-refractivity contribution in [2.75, 3.05) is 0 Å². The molecule has 0 amide bonds. The number of rotatable bonds is 5. The Labute approximate surface area is 150 Å². The molecule has 1 fully saturated rings. The Bertz CT molecular complexity index is 698. The van der Waals surface area contributed by atoms with E-state index in [2.05, 4.69) is 38.0 Å². The van der Waals surface area contributed by atoms with Crippen molar-refractivity contribution in [2.45, 2.75) is 64.6 Å². The van der Waals surface area contributed by atoms with Gasteiger partial charge in [0.1, 0.15) is 0 Å². The molecular formula is C21H29N3O. The van der Waals surface area contributed by atoms with Crippen LogP contribution in [0.15, 0.2) is 43.0 Å². The highest BCUT2D eigenvalue weighted by atomic mass is 16.1. The third kappa shape index (κ3) is 4.79. The summed E-state index contributed by atoms with van der Waals surface area (Å²) in [5, 5.41) is 3.68. The van der Waals surface area contributed by atoms with E-state index in [1.807, 2.05) is 35.0 Å². The fraction of sp³-hybridized carbons (Fsp3) is 0.524. The third-order valence-electron chi connectivity index (χ3n) is 4.95. The maximum atomic E-state index is 12.7. The molecule has 1 aromatic carbocycles. The van der Waals surface area contributed by atoms with Crippen LogP contribution >= 0.6 is 0 Å². The van der Waals surface area contributed by atoms with E-state index in [-0.39, 0.29) is 16.9 Å². The molecule has 4 nitrogen and oxygen atoms in total. The van der Waals surface area contributed by atoms with E-state index in [1.54, 1.807) is 12.5 Å². The Balaban J connectivity index is 1.63. The number of carbonyl (C=O) groups excluding carboxylic acids is 1. The monoisotopic (exact) mass is 339 g/mol. The number of nitrogens with one attached hydrogen (secondary N) is 1. The number of piperidine rings is 1. The Morgan fingerprint density at radius 2 is 1.80 bits per heavy atom. The topological polar surface area (TPSA) is 46.9 Å². The summed E-state index contributed by atoms with van der Waals surface area (Å²) in [7, 11) is 0. The third-order valence-corrected chi connectivity index (χ3v) is 4.95. The van der Waals surface area contributed by atoms with Crippen LogP contribution in [0.3, 0.4) is 0 Å². The number of ketones is 1. The second-order valence-corrected chi connectivity index (χ2v) is 8.73. The van der Waals surface area contributed by atoms with Crippen LogP contribution in [0.1, 0.15) is 62.9 Å². The molecule has 4 heteroatoms. The summed E-state index contributed by atoms with van der Waals surface area (Å²) in [6, 6.07) is 8.02. The first-order valence-electron chi connectivity index (χ1n) is 9.10. The summed E-state index contributed by atoms with van der Waals surface area (Å²) < 4.78 is 2.02. The van der Waals surface area contributed by atoms with E-state index in [4.69, 9.17) is 0 Å². The summed E-state index contributed by atoms with van der Waals surface area (Å²) in [5.74, 6) is 0.692. The van der Waals surface area contributed by atoms with Gasteiger partial charge in [-0.1, -0.05) is 24.3 Å². The summed E-state index contributed by atoms with van der Waals surface area (Å²) in [4.78, 5) is 16.8. The van der Waals surface area contributed by atoms with Gasteiger partial charge < -0.3 is 9.88 Å². The van der Waals surface area contributed by atoms with Crippen LogP contribution in [0.25, 0.3) is 0 Å². The van der Waals surface area contributed by atoms with E-state index in [1.165, 1.54) is 5.56 Å². The highest BCUT2D eigenvalue weighted by Crippen LogP contribution is 2.35. The number of nitrogens with zero attached hydrogens (tertiary/aromatic N) is 2. The molecule has 1 saturated heterocycles. The van der Waals surface area contributed by atoms with Crippen molar-refractivity contribution < 1.29 is 4.79 Å². The fourth-order valence-electron chi connectivity index (χ4n) is 4.45. The van der Waals surface area contributed by atoms with Gasteiger partial charge in [-0.15, -0.1) is 0 Å². The molecule has 1 aliphatic heterocycles. The Hall–Kier alpha value is -1.94. The minimum atomic E-state index is 0.0847. The second kappa shape index (κ2) is 6.75. The SMILES string of the molecule is CC1(C)CC(CC(=O)c2ccc(Cn3ccnc3)cc2)CC(C)(C)N1. The van der Waals surface area contributed by atoms with Gasteiger partial charge in [-0.05, 0) is 52.0 Å². The maximum Gasteiger partial charge on any atom is 0.163 e. The van der Waals surface area contributed by atoms with Crippen molar-refractivity contribution in [1.82, 2.24) is 14.9 Å². The normalized spacial score (nSPS) is 19.7. The summed E-state index contributed by atoms with van der Waals surface area (Å²) >= 11 is 0. The molecule has 1 N–H and O–H groups in total. The molecule has 0 spiro atoms. The lowest BCUT2D eigenvalue weighted by Gasteiger charge is -2.46. The van der Waals surface area contributed by atoms with Gasteiger partial charge in [0.15, 0.2) is 5.78 Å². The molecule has 1 aliphatic rings. The van der Waals surface area contributed by atoms with E-state index in [9.17, 15) is 4.79 Å². The number of aromatic nitrogens is 2. The number of hydrogen-bond donors (Lipinski definition) is 1. The molecule has 134 valence electrons. The van der Waals surface area contributed by atoms with E-state index in [0.717, 1.165) is 24.9 Å². The number of benzene rings is 1. The molecule has 2 aromatic rings. The highest BCUT2D eigenvalue weighted by Gasteiger charge is 2.38. The van der Waals surface area contributed by atoms with Gasteiger partial charge in [0.05, 0.1) is 6.33 Å². The van der Waals surface area contributed by atoms with Crippen LogP contribution in [-0.2, 0) is 6.54 Å². The molecule has 2 heterocycles. The first-order chi connectivity index (χ1) is 11.7. The quantitative estimate of drug-likeness (QED) is 0.836. The van der Waals surface area contributed by atoms with E-state index < -0.39 is 0 Å². The second-order valence-electron chi connectivity index (χ2n) is 8.73. The van der Waals surface area contributed by atoms with Crippen LogP contribution in [0.2, 0.25) is 0 Å². The largest absolute Gasteiger partial charge is 0.333 e.